The van der Waals surface area contributed by atoms with Gasteiger partial charge >= 0.3 is 5.69 Å². The van der Waals surface area contributed by atoms with Crippen molar-refractivity contribution >= 4 is 16.9 Å². The molecule has 2 rings (SSSR count). The number of nitrogens with zero attached hydrogens (tertiary/aromatic N) is 4. The third kappa shape index (κ3) is 2.88. The molecule has 7 heteroatoms. The number of imidazole rings is 1. The Morgan fingerprint density at radius 1 is 1.18 bits per heavy atom. The molecule has 7 nitrogen and oxygen atoms in total. The Kier molecular flexibility index (Phi) is 4.95. The summed E-state index contributed by atoms with van der Waals surface area (Å²) in [6, 6.07) is 0. The molecule has 0 spiro atoms. The summed E-state index contributed by atoms with van der Waals surface area (Å²) in [4.78, 5) is 40.5. The number of Topliss-reactive ketones (excluding diaryl/α,β-unsaturated/α-hetero) is 1. The van der Waals surface area contributed by atoms with E-state index in [0.29, 0.717) is 37.2 Å². The van der Waals surface area contributed by atoms with Crippen LogP contribution in [0, 0.1) is 0 Å². The van der Waals surface area contributed by atoms with Crippen LogP contribution in [0.1, 0.15) is 40.0 Å². The first-order valence-electron chi connectivity index (χ1n) is 7.69. The fourth-order valence-electron chi connectivity index (χ4n) is 2.48. The minimum Gasteiger partial charge on any atom is -0.324 e. The molecule has 0 atom stereocenters. The number of hydrogen-bond donors (Lipinski definition) is 0. The number of carbonyl (C=O) groups excluding carboxylic acids is 1. The zero-order valence-corrected chi connectivity index (χ0v) is 13.3. The van der Waals surface area contributed by atoms with Crippen LogP contribution in [0.15, 0.2) is 15.9 Å². The molecule has 22 heavy (non-hydrogen) atoms. The SMILES string of the molecule is CCCCn1c(=O)c2c(ncn2CCC(C)=O)n(CC)c1=O. The Morgan fingerprint density at radius 3 is 2.50 bits per heavy atom. The monoisotopic (exact) mass is 306 g/mol. The van der Waals surface area contributed by atoms with Crippen LogP contribution in [0.25, 0.3) is 11.2 Å². The van der Waals surface area contributed by atoms with Gasteiger partial charge in [0.1, 0.15) is 5.78 Å². The molecule has 2 aromatic rings. The third-order valence-corrected chi connectivity index (χ3v) is 3.74. The van der Waals surface area contributed by atoms with Gasteiger partial charge in [0.05, 0.1) is 6.33 Å². The normalized spacial score (nSPS) is 11.2. The molecular weight excluding hydrogens is 284 g/mol. The van der Waals surface area contributed by atoms with Crippen molar-refractivity contribution in [2.45, 2.75) is 59.7 Å². The molecule has 0 unspecified atom stereocenters. The van der Waals surface area contributed by atoms with Crippen LogP contribution >= 0.6 is 0 Å². The molecular formula is C15H22N4O3. The number of unbranched alkanes of at least 4 members (excludes halogenated alkanes) is 1. The van der Waals surface area contributed by atoms with E-state index in [-0.39, 0.29) is 17.0 Å². The third-order valence-electron chi connectivity index (χ3n) is 3.74. The second kappa shape index (κ2) is 6.72. The highest BCUT2D eigenvalue weighted by molar-refractivity contribution is 5.76. The predicted octanol–water partition coefficient (Wildman–Crippen LogP) is 1.16. The van der Waals surface area contributed by atoms with E-state index in [4.69, 9.17) is 0 Å². The van der Waals surface area contributed by atoms with Crippen molar-refractivity contribution < 1.29 is 4.79 Å². The van der Waals surface area contributed by atoms with Crippen LogP contribution in [0.3, 0.4) is 0 Å². The fourth-order valence-corrected chi connectivity index (χ4v) is 2.48. The van der Waals surface area contributed by atoms with Crippen LogP contribution in [0.2, 0.25) is 0 Å². The Morgan fingerprint density at radius 2 is 1.91 bits per heavy atom. The van der Waals surface area contributed by atoms with E-state index in [2.05, 4.69) is 4.98 Å². The summed E-state index contributed by atoms with van der Waals surface area (Å²) < 4.78 is 4.46. The first-order chi connectivity index (χ1) is 10.5. The predicted molar refractivity (Wildman–Crippen MR) is 84.1 cm³/mol. The number of aryl methyl sites for hydroxylation is 2. The average molecular weight is 306 g/mol. The second-order valence-electron chi connectivity index (χ2n) is 5.40. The smallest absolute Gasteiger partial charge is 0.324 e. The van der Waals surface area contributed by atoms with E-state index in [1.807, 2.05) is 13.8 Å². The standard InChI is InChI=1S/C15H22N4O3/c1-4-6-8-19-14(21)12-13(18(5-2)15(19)22)16-10-17(12)9-7-11(3)20/h10H,4-9H2,1-3H3. The highest BCUT2D eigenvalue weighted by atomic mass is 16.2. The zero-order chi connectivity index (χ0) is 16.3. The number of carbonyl (C=O) groups is 1. The van der Waals surface area contributed by atoms with E-state index >= 15 is 0 Å². The molecule has 0 aliphatic rings. The Hall–Kier alpha value is -2.18. The van der Waals surface area contributed by atoms with Gasteiger partial charge in [0.15, 0.2) is 11.2 Å². The first-order valence-corrected chi connectivity index (χ1v) is 7.69. The molecule has 0 saturated heterocycles. The van der Waals surface area contributed by atoms with Gasteiger partial charge in [-0.15, -0.1) is 0 Å². The lowest BCUT2D eigenvalue weighted by molar-refractivity contribution is -0.117. The lowest BCUT2D eigenvalue weighted by Gasteiger charge is -2.10. The maximum Gasteiger partial charge on any atom is 0.332 e. The molecule has 0 aliphatic heterocycles. The van der Waals surface area contributed by atoms with Gasteiger partial charge < -0.3 is 4.57 Å². The zero-order valence-electron chi connectivity index (χ0n) is 13.3. The Balaban J connectivity index is 2.65. The van der Waals surface area contributed by atoms with Gasteiger partial charge in [-0.3, -0.25) is 18.7 Å². The summed E-state index contributed by atoms with van der Waals surface area (Å²) in [6.07, 6.45) is 3.54. The van der Waals surface area contributed by atoms with Crippen molar-refractivity contribution in [2.75, 3.05) is 0 Å². The van der Waals surface area contributed by atoms with Crippen molar-refractivity contribution in [1.82, 2.24) is 18.7 Å². The minimum absolute atomic E-state index is 0.0528. The largest absolute Gasteiger partial charge is 0.332 e. The second-order valence-corrected chi connectivity index (χ2v) is 5.40. The highest BCUT2D eigenvalue weighted by Crippen LogP contribution is 2.08. The van der Waals surface area contributed by atoms with Gasteiger partial charge in [-0.25, -0.2) is 9.78 Å². The summed E-state index contributed by atoms with van der Waals surface area (Å²) >= 11 is 0. The highest BCUT2D eigenvalue weighted by Gasteiger charge is 2.17. The van der Waals surface area contributed by atoms with E-state index in [0.717, 1.165) is 12.8 Å². The van der Waals surface area contributed by atoms with Crippen molar-refractivity contribution in [2.24, 2.45) is 0 Å². The summed E-state index contributed by atoms with van der Waals surface area (Å²) in [7, 11) is 0. The van der Waals surface area contributed by atoms with E-state index in [9.17, 15) is 14.4 Å². The lowest BCUT2D eigenvalue weighted by atomic mass is 10.3. The van der Waals surface area contributed by atoms with Crippen LogP contribution in [0.5, 0.6) is 0 Å². The van der Waals surface area contributed by atoms with Gasteiger partial charge in [-0.2, -0.15) is 0 Å². The quantitative estimate of drug-likeness (QED) is 0.769. The van der Waals surface area contributed by atoms with Gasteiger partial charge in [0.25, 0.3) is 5.56 Å². The van der Waals surface area contributed by atoms with E-state index in [1.54, 1.807) is 4.57 Å². The number of rotatable bonds is 7. The summed E-state index contributed by atoms with van der Waals surface area (Å²) in [5.74, 6) is 0.0528. The molecule has 0 aromatic carbocycles. The summed E-state index contributed by atoms with van der Waals surface area (Å²) in [6.45, 7) is 6.63. The van der Waals surface area contributed by atoms with Crippen LogP contribution < -0.4 is 11.2 Å². The topological polar surface area (TPSA) is 78.9 Å². The van der Waals surface area contributed by atoms with E-state index in [1.165, 1.54) is 22.4 Å². The number of ketones is 1. The molecule has 0 radical (unpaired) electrons. The molecule has 0 amide bonds. The maximum atomic E-state index is 12.7. The van der Waals surface area contributed by atoms with Gasteiger partial charge in [-0.05, 0) is 20.3 Å². The number of fused-ring (bicyclic) bond motifs is 1. The van der Waals surface area contributed by atoms with Crippen molar-refractivity contribution in [3.8, 4) is 0 Å². The molecule has 0 fully saturated rings. The maximum absolute atomic E-state index is 12.7. The molecule has 0 aliphatic carbocycles. The lowest BCUT2D eigenvalue weighted by Crippen LogP contribution is -2.40. The Bertz CT molecular complexity index is 797. The van der Waals surface area contributed by atoms with Gasteiger partial charge in [0, 0.05) is 26.1 Å². The first kappa shape index (κ1) is 16.2. The van der Waals surface area contributed by atoms with Crippen LogP contribution in [-0.4, -0.2) is 24.5 Å². The van der Waals surface area contributed by atoms with Gasteiger partial charge in [0.2, 0.25) is 0 Å². The number of hydrogen-bond acceptors (Lipinski definition) is 4. The van der Waals surface area contributed by atoms with Crippen molar-refractivity contribution in [1.29, 1.82) is 0 Å². The fraction of sp³-hybridized carbons (Fsp3) is 0.600. The van der Waals surface area contributed by atoms with Gasteiger partial charge in [-0.1, -0.05) is 13.3 Å². The Labute approximate surface area is 128 Å². The summed E-state index contributed by atoms with van der Waals surface area (Å²) in [5, 5.41) is 0. The number of aromatic nitrogens is 4. The van der Waals surface area contributed by atoms with Crippen LogP contribution in [-0.2, 0) is 24.4 Å². The molecule has 2 aromatic heterocycles. The molecule has 120 valence electrons. The van der Waals surface area contributed by atoms with E-state index < -0.39 is 0 Å². The van der Waals surface area contributed by atoms with Crippen molar-refractivity contribution in [3.63, 3.8) is 0 Å². The molecule has 0 saturated carbocycles. The van der Waals surface area contributed by atoms with Crippen LogP contribution in [0.4, 0.5) is 0 Å². The summed E-state index contributed by atoms with van der Waals surface area (Å²) in [5.41, 5.74) is 0.164. The minimum atomic E-state index is -0.320. The molecule has 0 bridgehead atoms. The molecule has 0 N–H and O–H groups in total. The average Bonchev–Trinajstić information content (AvgIpc) is 2.89. The molecule has 2 heterocycles. The van der Waals surface area contributed by atoms with Crippen molar-refractivity contribution in [3.05, 3.63) is 27.2 Å².